The minimum absolute atomic E-state index is 0.0671. The molecule has 0 spiro atoms. The molecule has 0 aromatic heterocycles. The molecule has 5 aliphatic carbocycles. The first-order valence-electron chi connectivity index (χ1n) is 14.2. The van der Waals surface area contributed by atoms with E-state index in [1.807, 2.05) is 6.92 Å². The van der Waals surface area contributed by atoms with Gasteiger partial charge in [0, 0.05) is 24.9 Å². The second kappa shape index (κ2) is 10.3. The number of carbonyl (C=O) groups excluding carboxylic acids is 3. The Kier molecular flexibility index (Phi) is 7.49. The van der Waals surface area contributed by atoms with Gasteiger partial charge in [-0.3, -0.25) is 14.4 Å². The topological polar surface area (TPSA) is 193 Å². The lowest BCUT2D eigenvalue weighted by Crippen LogP contribution is -2.66. The number of ether oxygens (including phenoxy) is 1. The number of ketones is 2. The van der Waals surface area contributed by atoms with Crippen LogP contribution in [0.4, 0.5) is 0 Å². The van der Waals surface area contributed by atoms with Gasteiger partial charge in [-0.1, -0.05) is 0 Å². The van der Waals surface area contributed by atoms with Gasteiger partial charge in [-0.25, -0.2) is 0 Å². The van der Waals surface area contributed by atoms with E-state index in [0.717, 1.165) is 25.7 Å². The monoisotopic (exact) mass is 534 g/mol. The van der Waals surface area contributed by atoms with E-state index in [9.17, 15) is 34.8 Å². The molecule has 9 unspecified atom stereocenters. The number of amides is 1. The van der Waals surface area contributed by atoms with Crippen molar-refractivity contribution in [2.45, 2.75) is 82.2 Å². The largest absolute Gasteiger partial charge is 0.508 e. The van der Waals surface area contributed by atoms with Gasteiger partial charge in [0.25, 0.3) is 5.91 Å². The van der Waals surface area contributed by atoms with Crippen LogP contribution in [0.1, 0.15) is 58.3 Å². The van der Waals surface area contributed by atoms with Crippen LogP contribution in [-0.2, 0) is 19.1 Å². The van der Waals surface area contributed by atoms with E-state index in [4.69, 9.17) is 16.2 Å². The Morgan fingerprint density at radius 2 is 1.76 bits per heavy atom. The quantitative estimate of drug-likeness (QED) is 0.270. The molecule has 5 aliphatic rings. The Hall–Kier alpha value is -1.85. The molecular formula is C28H42N2O8. The predicted octanol–water partition coefficient (Wildman–Crippen LogP) is 0.357. The zero-order valence-electron chi connectivity index (χ0n) is 22.0. The summed E-state index contributed by atoms with van der Waals surface area (Å²) in [5.74, 6) is -5.14. The number of carbonyl (C=O) groups is 3. The molecule has 4 saturated carbocycles. The first kappa shape index (κ1) is 27.7. The third-order valence-corrected chi connectivity index (χ3v) is 10.8. The molecule has 12 atom stereocenters. The number of aliphatic hydroxyl groups excluding tert-OH is 3. The highest BCUT2D eigenvalue weighted by Gasteiger charge is 2.65. The van der Waals surface area contributed by atoms with Crippen molar-refractivity contribution in [2.75, 3.05) is 13.2 Å². The van der Waals surface area contributed by atoms with E-state index in [2.05, 4.69) is 0 Å². The van der Waals surface area contributed by atoms with Crippen LogP contribution < -0.4 is 11.5 Å². The molecule has 0 radical (unpaired) electrons. The molecule has 0 heterocycles. The molecule has 0 bridgehead atoms. The maximum Gasteiger partial charge on any atom is 0.255 e. The van der Waals surface area contributed by atoms with Crippen molar-refractivity contribution in [1.82, 2.24) is 0 Å². The van der Waals surface area contributed by atoms with Crippen LogP contribution in [-0.4, -0.2) is 75.0 Å². The summed E-state index contributed by atoms with van der Waals surface area (Å²) in [7, 11) is 0. The van der Waals surface area contributed by atoms with E-state index in [-0.39, 0.29) is 48.4 Å². The van der Waals surface area contributed by atoms with Gasteiger partial charge in [-0.15, -0.1) is 0 Å². The summed E-state index contributed by atoms with van der Waals surface area (Å²) >= 11 is 0. The van der Waals surface area contributed by atoms with Gasteiger partial charge >= 0.3 is 0 Å². The summed E-state index contributed by atoms with van der Waals surface area (Å²) in [6.07, 6.45) is 2.30. The van der Waals surface area contributed by atoms with Gasteiger partial charge < -0.3 is 36.6 Å². The van der Waals surface area contributed by atoms with Gasteiger partial charge in [-0.05, 0) is 88.0 Å². The van der Waals surface area contributed by atoms with Gasteiger partial charge in [0.05, 0.1) is 18.1 Å². The highest BCUT2D eigenvalue weighted by Crippen LogP contribution is 2.58. The van der Waals surface area contributed by atoms with Crippen molar-refractivity contribution in [3.63, 3.8) is 0 Å². The van der Waals surface area contributed by atoms with E-state index in [1.54, 1.807) is 0 Å². The van der Waals surface area contributed by atoms with Gasteiger partial charge in [0.2, 0.25) is 0 Å². The molecule has 4 fully saturated rings. The summed E-state index contributed by atoms with van der Waals surface area (Å²) in [6.45, 7) is 3.17. The Morgan fingerprint density at radius 3 is 2.42 bits per heavy atom. The van der Waals surface area contributed by atoms with Crippen molar-refractivity contribution in [3.05, 3.63) is 11.3 Å². The summed E-state index contributed by atoms with van der Waals surface area (Å²) in [5, 5.41) is 44.7. The number of Topliss-reactive ketones (excluding diaryl/α,β-unsaturated/α-hetero) is 2. The molecule has 0 saturated heterocycles. The average molecular weight is 535 g/mol. The van der Waals surface area contributed by atoms with E-state index < -0.39 is 58.6 Å². The second-order valence-corrected chi connectivity index (χ2v) is 12.4. The predicted molar refractivity (Wildman–Crippen MR) is 135 cm³/mol. The van der Waals surface area contributed by atoms with Crippen LogP contribution in [0, 0.1) is 47.3 Å². The molecule has 38 heavy (non-hydrogen) atoms. The Bertz CT molecular complexity index is 1010. The fourth-order valence-electron chi connectivity index (χ4n) is 9.11. The lowest BCUT2D eigenvalue weighted by molar-refractivity contribution is -0.200. The highest BCUT2D eigenvalue weighted by molar-refractivity contribution is 6.20. The third kappa shape index (κ3) is 4.15. The van der Waals surface area contributed by atoms with Crippen molar-refractivity contribution < 1.29 is 39.5 Å². The van der Waals surface area contributed by atoms with Crippen LogP contribution >= 0.6 is 0 Å². The fraction of sp³-hybridized carbons (Fsp3) is 0.821. The molecule has 1 amide bonds. The summed E-state index contributed by atoms with van der Waals surface area (Å²) in [4.78, 5) is 38.4. The summed E-state index contributed by atoms with van der Waals surface area (Å²) < 4.78 is 5.94. The normalized spacial score (nSPS) is 47.2. The third-order valence-electron chi connectivity index (χ3n) is 10.8. The maximum atomic E-state index is 14.0. The molecule has 10 heteroatoms. The smallest absolute Gasteiger partial charge is 0.255 e. The first-order chi connectivity index (χ1) is 18.0. The number of nitrogens with two attached hydrogens (primary N) is 2. The highest BCUT2D eigenvalue weighted by atomic mass is 16.5. The van der Waals surface area contributed by atoms with Crippen molar-refractivity contribution in [2.24, 2.45) is 58.8 Å². The molecule has 0 aromatic carbocycles. The lowest BCUT2D eigenvalue weighted by Gasteiger charge is -2.57. The van der Waals surface area contributed by atoms with Crippen molar-refractivity contribution in [3.8, 4) is 0 Å². The van der Waals surface area contributed by atoms with Crippen LogP contribution in [0.5, 0.6) is 0 Å². The van der Waals surface area contributed by atoms with Crippen LogP contribution in [0.2, 0.25) is 0 Å². The van der Waals surface area contributed by atoms with Gasteiger partial charge in [-0.2, -0.15) is 0 Å². The van der Waals surface area contributed by atoms with Crippen molar-refractivity contribution >= 4 is 17.5 Å². The Balaban J connectivity index is 1.43. The molecule has 0 aromatic rings. The van der Waals surface area contributed by atoms with Crippen LogP contribution in [0.25, 0.3) is 0 Å². The maximum absolute atomic E-state index is 14.0. The first-order valence-corrected chi connectivity index (χ1v) is 14.2. The fourth-order valence-corrected chi connectivity index (χ4v) is 9.11. The van der Waals surface area contributed by atoms with Gasteiger partial charge in [0.15, 0.2) is 11.4 Å². The second-order valence-electron chi connectivity index (χ2n) is 12.4. The molecule has 10 nitrogen and oxygen atoms in total. The summed E-state index contributed by atoms with van der Waals surface area (Å²) in [6, 6.07) is 0. The minimum Gasteiger partial charge on any atom is -0.508 e. The molecule has 8 N–H and O–H groups in total. The average Bonchev–Trinajstić information content (AvgIpc) is 2.86. The van der Waals surface area contributed by atoms with Crippen LogP contribution in [0.15, 0.2) is 11.3 Å². The molecular weight excluding hydrogens is 492 g/mol. The van der Waals surface area contributed by atoms with E-state index >= 15 is 0 Å². The number of fused-ring (bicyclic) bond motifs is 3. The minimum atomic E-state index is -2.31. The number of hydrogen-bond donors (Lipinski definition) is 6. The number of hydrogen-bond acceptors (Lipinski definition) is 9. The molecule has 212 valence electrons. The van der Waals surface area contributed by atoms with E-state index in [0.29, 0.717) is 31.9 Å². The Labute approximate surface area is 222 Å². The molecule has 5 rings (SSSR count). The van der Waals surface area contributed by atoms with Crippen LogP contribution in [0.3, 0.4) is 0 Å². The zero-order chi connectivity index (χ0) is 27.5. The molecule has 0 aliphatic heterocycles. The number of rotatable bonds is 5. The zero-order valence-corrected chi connectivity index (χ0v) is 22.0. The summed E-state index contributed by atoms with van der Waals surface area (Å²) in [5.41, 5.74) is 8.37. The number of primary amides is 1. The number of aliphatic hydroxyl groups is 4. The Morgan fingerprint density at radius 1 is 1.03 bits per heavy atom. The standard InChI is InChI=1S/C28H42N2O8/c1-2-38-20-6-3-12(7-14(20)11-29)16-4-5-18(31)22-17(16)9-13-8-15-10-19(32)23(27(30)36)26(35)28(15,37)25(34)21(13)24(22)33/h12-18,20-22,25,31,34-35,37H,2-11,29H2,1H3,(H2,30,36)/t12?,13-,14?,15+,16?,17?,18?,20?,21?,22?,25?,28+/m1/s1. The van der Waals surface area contributed by atoms with Gasteiger partial charge in [0.1, 0.15) is 23.2 Å². The van der Waals surface area contributed by atoms with Crippen molar-refractivity contribution in [1.29, 1.82) is 0 Å². The lowest BCUT2D eigenvalue weighted by atomic mass is 9.48. The van der Waals surface area contributed by atoms with E-state index in [1.165, 1.54) is 0 Å². The SMILES string of the molecule is CCOC1CCC(C2CCC(O)C3C(=O)C4C(O)[C@]5(O)C(O)=C(C(N)=O)C(=O)C[C@@H]5C[C@@H]4CC23)CC1CN.